The molecule has 0 radical (unpaired) electrons. The van der Waals surface area contributed by atoms with Gasteiger partial charge in [-0.15, -0.1) is 0 Å². The molecule has 0 fully saturated rings. The first kappa shape index (κ1) is 20.8. The molecule has 0 aliphatic rings. The molecule has 2 heterocycles. The Morgan fingerprint density at radius 3 is 2.42 bits per heavy atom. The number of carbonyl (C=O) groups is 1. The van der Waals surface area contributed by atoms with Crippen LogP contribution in [0.4, 0.5) is 0 Å². The molecule has 4 rings (SSSR count). The van der Waals surface area contributed by atoms with Crippen LogP contribution in [0.2, 0.25) is 0 Å². The van der Waals surface area contributed by atoms with E-state index >= 15 is 0 Å². The van der Waals surface area contributed by atoms with Crippen LogP contribution < -0.4 is 5.32 Å². The van der Waals surface area contributed by atoms with Gasteiger partial charge in [0.15, 0.2) is 0 Å². The van der Waals surface area contributed by atoms with E-state index in [0.717, 1.165) is 21.7 Å². The summed E-state index contributed by atoms with van der Waals surface area (Å²) >= 11 is 1.37. The van der Waals surface area contributed by atoms with Gasteiger partial charge in [-0.2, -0.15) is 4.98 Å². The molecule has 0 saturated heterocycles. The van der Waals surface area contributed by atoms with Crippen LogP contribution >= 0.6 is 11.8 Å². The molecule has 0 unspecified atom stereocenters. The molecule has 0 atom stereocenters. The van der Waals surface area contributed by atoms with Crippen molar-refractivity contribution >= 4 is 17.7 Å². The zero-order valence-electron chi connectivity index (χ0n) is 17.3. The number of rotatable bonds is 7. The third-order valence-electron chi connectivity index (χ3n) is 4.68. The summed E-state index contributed by atoms with van der Waals surface area (Å²) in [5.41, 5.74) is 5.11. The fraction of sp³-hybridized carbons (Fsp3) is 0.167. The first-order valence-corrected chi connectivity index (χ1v) is 10.9. The molecule has 156 valence electrons. The van der Waals surface area contributed by atoms with Crippen molar-refractivity contribution in [3.8, 4) is 22.8 Å². The Bertz CT molecular complexity index is 1170. The van der Waals surface area contributed by atoms with Gasteiger partial charge < -0.3 is 9.84 Å². The van der Waals surface area contributed by atoms with Crippen molar-refractivity contribution in [1.29, 1.82) is 0 Å². The topological polar surface area (TPSA) is 80.9 Å². The lowest BCUT2D eigenvalue weighted by Gasteiger charge is -2.06. The van der Waals surface area contributed by atoms with Crippen molar-refractivity contribution < 1.29 is 9.32 Å². The first-order valence-electron chi connectivity index (χ1n) is 9.89. The van der Waals surface area contributed by atoms with E-state index in [9.17, 15) is 4.79 Å². The summed E-state index contributed by atoms with van der Waals surface area (Å²) in [5, 5.41) is 7.73. The van der Waals surface area contributed by atoms with E-state index in [0.29, 0.717) is 18.3 Å². The predicted octanol–water partition coefficient (Wildman–Crippen LogP) is 4.82. The number of hydrogen-bond donors (Lipinski definition) is 1. The third kappa shape index (κ3) is 5.58. The van der Waals surface area contributed by atoms with Gasteiger partial charge in [-0.1, -0.05) is 76.6 Å². The van der Waals surface area contributed by atoms with Crippen LogP contribution in [0, 0.1) is 13.8 Å². The number of benzene rings is 2. The van der Waals surface area contributed by atoms with Gasteiger partial charge in [-0.05, 0) is 31.5 Å². The number of aromatic nitrogens is 3. The Morgan fingerprint density at radius 2 is 1.68 bits per heavy atom. The van der Waals surface area contributed by atoms with Gasteiger partial charge in [0.25, 0.3) is 5.89 Å². The van der Waals surface area contributed by atoms with E-state index in [1.807, 2.05) is 74.5 Å². The number of amides is 1. The summed E-state index contributed by atoms with van der Waals surface area (Å²) in [6, 6.07) is 19.7. The summed E-state index contributed by atoms with van der Waals surface area (Å²) in [6.45, 7) is 4.58. The number of nitrogens with one attached hydrogen (secondary N) is 1. The Balaban J connectivity index is 1.35. The summed E-state index contributed by atoms with van der Waals surface area (Å²) < 4.78 is 5.43. The molecule has 1 amide bonds. The van der Waals surface area contributed by atoms with Crippen LogP contribution in [0.1, 0.15) is 16.7 Å². The third-order valence-corrected chi connectivity index (χ3v) is 5.60. The number of aryl methyl sites for hydroxylation is 2. The molecular weight excluding hydrogens is 408 g/mol. The second kappa shape index (κ2) is 9.57. The van der Waals surface area contributed by atoms with E-state index in [2.05, 4.69) is 20.4 Å². The first-order chi connectivity index (χ1) is 15.1. The minimum absolute atomic E-state index is 0.0442. The number of hydrogen-bond acceptors (Lipinski definition) is 6. The second-order valence-corrected chi connectivity index (χ2v) is 8.22. The average Bonchev–Trinajstić information content (AvgIpc) is 3.28. The van der Waals surface area contributed by atoms with Crippen molar-refractivity contribution in [2.24, 2.45) is 0 Å². The fourth-order valence-corrected chi connectivity index (χ4v) is 3.61. The zero-order chi connectivity index (χ0) is 21.6. The molecule has 0 bridgehead atoms. The Labute approximate surface area is 185 Å². The quantitative estimate of drug-likeness (QED) is 0.423. The highest BCUT2D eigenvalue weighted by Crippen LogP contribution is 2.25. The van der Waals surface area contributed by atoms with Gasteiger partial charge >= 0.3 is 0 Å². The molecule has 1 N–H and O–H groups in total. The van der Waals surface area contributed by atoms with Gasteiger partial charge in [0.1, 0.15) is 0 Å². The monoisotopic (exact) mass is 430 g/mol. The van der Waals surface area contributed by atoms with Gasteiger partial charge in [-0.25, -0.2) is 4.98 Å². The number of nitrogens with zero attached hydrogens (tertiary/aromatic N) is 3. The van der Waals surface area contributed by atoms with Crippen LogP contribution in [0.25, 0.3) is 22.8 Å². The maximum absolute atomic E-state index is 12.2. The minimum atomic E-state index is -0.0442. The highest BCUT2D eigenvalue weighted by Gasteiger charge is 2.12. The van der Waals surface area contributed by atoms with Crippen LogP contribution in [-0.4, -0.2) is 26.8 Å². The van der Waals surface area contributed by atoms with Crippen molar-refractivity contribution in [1.82, 2.24) is 20.4 Å². The average molecular weight is 431 g/mol. The molecule has 0 aliphatic heterocycles. The molecule has 0 spiro atoms. The Morgan fingerprint density at radius 1 is 0.968 bits per heavy atom. The van der Waals surface area contributed by atoms with Crippen molar-refractivity contribution in [2.75, 3.05) is 5.75 Å². The molecular formula is C24H22N4O2S. The van der Waals surface area contributed by atoms with Crippen LogP contribution in [-0.2, 0) is 11.3 Å². The van der Waals surface area contributed by atoms with Crippen LogP contribution in [0.5, 0.6) is 0 Å². The number of thioether (sulfide) groups is 1. The normalized spacial score (nSPS) is 10.8. The van der Waals surface area contributed by atoms with Gasteiger partial charge in [0, 0.05) is 23.9 Å². The fourth-order valence-electron chi connectivity index (χ4n) is 2.88. The van der Waals surface area contributed by atoms with Gasteiger partial charge in [-0.3, -0.25) is 4.79 Å². The Kier molecular flexibility index (Phi) is 6.43. The maximum Gasteiger partial charge on any atom is 0.258 e. The van der Waals surface area contributed by atoms with Crippen LogP contribution in [0.15, 0.2) is 76.4 Å². The van der Waals surface area contributed by atoms with Crippen LogP contribution in [0.3, 0.4) is 0 Å². The lowest BCUT2D eigenvalue weighted by atomic mass is 10.1. The second-order valence-electron chi connectivity index (χ2n) is 7.22. The maximum atomic E-state index is 12.2. The minimum Gasteiger partial charge on any atom is -0.351 e. The van der Waals surface area contributed by atoms with Crippen molar-refractivity contribution in [3.63, 3.8) is 0 Å². The van der Waals surface area contributed by atoms with Gasteiger partial charge in [0.05, 0.1) is 10.8 Å². The number of carbonyl (C=O) groups excluding carboxylic acids is 1. The largest absolute Gasteiger partial charge is 0.351 e. The van der Waals surface area contributed by atoms with E-state index in [1.165, 1.54) is 22.9 Å². The van der Waals surface area contributed by atoms with Crippen molar-refractivity contribution in [2.45, 2.75) is 25.4 Å². The summed E-state index contributed by atoms with van der Waals surface area (Å²) in [6.07, 6.45) is 1.68. The lowest BCUT2D eigenvalue weighted by Crippen LogP contribution is -2.24. The highest BCUT2D eigenvalue weighted by atomic mass is 32.2. The van der Waals surface area contributed by atoms with E-state index < -0.39 is 0 Å². The highest BCUT2D eigenvalue weighted by molar-refractivity contribution is 7.99. The Hall–Kier alpha value is -3.45. The molecule has 7 heteroatoms. The van der Waals surface area contributed by atoms with E-state index in [4.69, 9.17) is 4.52 Å². The molecule has 2 aromatic carbocycles. The smallest absolute Gasteiger partial charge is 0.258 e. The summed E-state index contributed by atoms with van der Waals surface area (Å²) in [5.74, 6) is 1.19. The lowest BCUT2D eigenvalue weighted by molar-refractivity contribution is -0.118. The zero-order valence-corrected chi connectivity index (χ0v) is 18.1. The summed E-state index contributed by atoms with van der Waals surface area (Å²) in [7, 11) is 0. The molecule has 6 nitrogen and oxygen atoms in total. The molecule has 0 saturated carbocycles. The molecule has 2 aromatic heterocycles. The summed E-state index contributed by atoms with van der Waals surface area (Å²) in [4.78, 5) is 21.0. The SMILES string of the molecule is Cc1ccc(CNC(=O)CSc2cc(-c3nc(-c4ccc(C)cc4)no3)ccn2)cc1. The van der Waals surface area contributed by atoms with Crippen molar-refractivity contribution in [3.05, 3.63) is 83.6 Å². The standard InChI is InChI=1S/C24H22N4O2S/c1-16-3-7-18(8-4-16)14-26-21(29)15-31-22-13-20(11-12-25-22)24-27-23(28-30-24)19-9-5-17(2)6-10-19/h3-13H,14-15H2,1-2H3,(H,26,29). The number of pyridine rings is 1. The molecule has 31 heavy (non-hydrogen) atoms. The van der Waals surface area contributed by atoms with E-state index in [-0.39, 0.29) is 11.7 Å². The molecule has 0 aliphatic carbocycles. The van der Waals surface area contributed by atoms with E-state index in [1.54, 1.807) is 6.20 Å². The van der Waals surface area contributed by atoms with Gasteiger partial charge in [0.2, 0.25) is 11.7 Å². The predicted molar refractivity (Wildman–Crippen MR) is 121 cm³/mol. The molecule has 4 aromatic rings.